The number of halogens is 1. The van der Waals surface area contributed by atoms with E-state index >= 15 is 0 Å². The number of hydrogen-bond acceptors (Lipinski definition) is 4. The van der Waals surface area contributed by atoms with Crippen molar-refractivity contribution in [3.05, 3.63) is 60.2 Å². The van der Waals surface area contributed by atoms with Crippen LogP contribution in [-0.4, -0.2) is 30.7 Å². The Morgan fingerprint density at radius 1 is 1.55 bits per heavy atom. The predicted molar refractivity (Wildman–Crippen MR) is 90.3 cm³/mol. The molecule has 0 amide bonds. The Kier molecular flexibility index (Phi) is 3.83. The Bertz CT molecular complexity index is 675. The van der Waals surface area contributed by atoms with E-state index in [0.29, 0.717) is 5.02 Å². The van der Waals surface area contributed by atoms with Crippen molar-refractivity contribution in [2.75, 3.05) is 0 Å². The van der Waals surface area contributed by atoms with Crippen molar-refractivity contribution in [3.63, 3.8) is 0 Å². The van der Waals surface area contributed by atoms with E-state index < -0.39 is 11.6 Å². The van der Waals surface area contributed by atoms with Crippen LogP contribution < -0.4 is 0 Å². The van der Waals surface area contributed by atoms with Crippen molar-refractivity contribution in [1.29, 1.82) is 0 Å². The molecular weight excluding hydrogens is 318 g/mol. The molecule has 1 N–H and O–H groups in total. The first kappa shape index (κ1) is 15.6. The predicted octanol–water partition coefficient (Wildman–Crippen LogP) is 3.15. The fourth-order valence-corrected chi connectivity index (χ4v) is 3.75. The van der Waals surface area contributed by atoms with Gasteiger partial charge in [0.25, 0.3) is 0 Å². The number of rotatable bonds is 5. The van der Waals surface area contributed by atoms with Gasteiger partial charge in [-0.25, -0.2) is 9.67 Å². The Labute approximate surface area is 140 Å². The zero-order valence-corrected chi connectivity index (χ0v) is 13.9. The molecule has 2 aromatic rings. The van der Waals surface area contributed by atoms with E-state index in [1.807, 2.05) is 19.1 Å². The average Bonchev–Trinajstić information content (AvgIpc) is 2.93. The van der Waals surface area contributed by atoms with Gasteiger partial charge < -0.3 is 5.11 Å². The molecule has 1 aromatic carbocycles. The van der Waals surface area contributed by atoms with E-state index in [0.717, 1.165) is 12.0 Å². The molecule has 1 saturated carbocycles. The molecule has 0 bridgehead atoms. The maximum atomic E-state index is 11.5. The SMILES string of the molecule is C=CC(O)(C(c1ccc(Cl)cc1)n1cncn1)C1(C)CC1S. The van der Waals surface area contributed by atoms with Gasteiger partial charge in [0, 0.05) is 15.7 Å². The summed E-state index contributed by atoms with van der Waals surface area (Å²) in [5.74, 6) is 0. The van der Waals surface area contributed by atoms with E-state index in [2.05, 4.69) is 29.3 Å². The van der Waals surface area contributed by atoms with E-state index in [4.69, 9.17) is 11.6 Å². The molecule has 6 heteroatoms. The van der Waals surface area contributed by atoms with Gasteiger partial charge in [0.15, 0.2) is 0 Å². The van der Waals surface area contributed by atoms with Gasteiger partial charge in [-0.2, -0.15) is 17.7 Å². The zero-order chi connectivity index (χ0) is 16.0. The van der Waals surface area contributed by atoms with Gasteiger partial charge in [0.2, 0.25) is 0 Å². The van der Waals surface area contributed by atoms with Gasteiger partial charge in [0.1, 0.15) is 24.3 Å². The maximum absolute atomic E-state index is 11.5. The molecular formula is C16H18ClN3OS. The number of hydrogen-bond donors (Lipinski definition) is 2. The molecule has 3 rings (SSSR count). The van der Waals surface area contributed by atoms with Crippen LogP contribution in [0.5, 0.6) is 0 Å². The van der Waals surface area contributed by atoms with Gasteiger partial charge in [-0.15, -0.1) is 6.58 Å². The Morgan fingerprint density at radius 2 is 2.18 bits per heavy atom. The third kappa shape index (κ3) is 2.28. The van der Waals surface area contributed by atoms with E-state index in [1.54, 1.807) is 29.2 Å². The lowest BCUT2D eigenvalue weighted by molar-refractivity contribution is -0.0161. The Morgan fingerprint density at radius 3 is 2.64 bits per heavy atom. The monoisotopic (exact) mass is 335 g/mol. The van der Waals surface area contributed by atoms with Gasteiger partial charge in [-0.3, -0.25) is 0 Å². The molecule has 1 aliphatic carbocycles. The molecule has 1 heterocycles. The highest BCUT2D eigenvalue weighted by atomic mass is 35.5. The summed E-state index contributed by atoms with van der Waals surface area (Å²) in [4.78, 5) is 4.02. The molecule has 4 unspecified atom stereocenters. The molecule has 0 radical (unpaired) electrons. The van der Waals surface area contributed by atoms with Crippen LogP contribution in [0.15, 0.2) is 49.6 Å². The van der Waals surface area contributed by atoms with Crippen molar-refractivity contribution >= 4 is 24.2 Å². The number of nitrogens with zero attached hydrogens (tertiary/aromatic N) is 3. The molecule has 22 heavy (non-hydrogen) atoms. The molecule has 1 aliphatic rings. The number of aromatic nitrogens is 3. The molecule has 0 saturated heterocycles. The molecule has 116 valence electrons. The first-order chi connectivity index (χ1) is 10.4. The molecule has 4 atom stereocenters. The fourth-order valence-electron chi connectivity index (χ4n) is 3.03. The second-order valence-electron chi connectivity index (χ2n) is 6.00. The quantitative estimate of drug-likeness (QED) is 0.652. The van der Waals surface area contributed by atoms with Gasteiger partial charge in [0.05, 0.1) is 0 Å². The highest BCUT2D eigenvalue weighted by Gasteiger charge is 2.64. The standard InChI is InChI=1S/C16H18ClN3OS/c1-3-16(21,15(2)8-13(15)22)14(20-10-18-9-19-20)11-4-6-12(17)7-5-11/h3-7,9-10,13-14,21-22H,1,8H2,2H3. The van der Waals surface area contributed by atoms with Crippen LogP contribution in [-0.2, 0) is 0 Å². The summed E-state index contributed by atoms with van der Waals surface area (Å²) in [5, 5.41) is 16.5. The molecule has 1 aromatic heterocycles. The first-order valence-corrected chi connectivity index (χ1v) is 7.95. The highest BCUT2D eigenvalue weighted by molar-refractivity contribution is 7.81. The van der Waals surface area contributed by atoms with Crippen LogP contribution in [0.2, 0.25) is 5.02 Å². The second kappa shape index (κ2) is 5.41. The van der Waals surface area contributed by atoms with Gasteiger partial charge in [-0.05, 0) is 24.1 Å². The summed E-state index contributed by atoms with van der Waals surface area (Å²) in [7, 11) is 0. The number of benzene rings is 1. The minimum atomic E-state index is -1.19. The van der Waals surface area contributed by atoms with Crippen LogP contribution in [0.3, 0.4) is 0 Å². The third-order valence-electron chi connectivity index (χ3n) is 4.72. The molecule has 0 aliphatic heterocycles. The van der Waals surface area contributed by atoms with E-state index in [-0.39, 0.29) is 10.7 Å². The number of aliphatic hydroxyl groups is 1. The smallest absolute Gasteiger partial charge is 0.137 e. The summed E-state index contributed by atoms with van der Waals surface area (Å²) in [6.07, 6.45) is 5.48. The topological polar surface area (TPSA) is 50.9 Å². The maximum Gasteiger partial charge on any atom is 0.137 e. The lowest BCUT2D eigenvalue weighted by Crippen LogP contribution is -2.46. The van der Waals surface area contributed by atoms with Crippen molar-refractivity contribution in [3.8, 4) is 0 Å². The van der Waals surface area contributed by atoms with E-state index in [1.165, 1.54) is 6.33 Å². The van der Waals surface area contributed by atoms with Gasteiger partial charge >= 0.3 is 0 Å². The summed E-state index contributed by atoms with van der Waals surface area (Å²) < 4.78 is 1.66. The molecule has 0 spiro atoms. The van der Waals surface area contributed by atoms with Crippen LogP contribution in [0.1, 0.15) is 24.9 Å². The van der Waals surface area contributed by atoms with Crippen LogP contribution in [0, 0.1) is 5.41 Å². The molecule has 4 nitrogen and oxygen atoms in total. The largest absolute Gasteiger partial charge is 0.383 e. The van der Waals surface area contributed by atoms with Crippen molar-refractivity contribution in [2.45, 2.75) is 30.2 Å². The Hall–Kier alpha value is -1.30. The fraction of sp³-hybridized carbons (Fsp3) is 0.375. The minimum Gasteiger partial charge on any atom is -0.383 e. The average molecular weight is 336 g/mol. The first-order valence-electron chi connectivity index (χ1n) is 7.06. The second-order valence-corrected chi connectivity index (χ2v) is 7.06. The highest BCUT2D eigenvalue weighted by Crippen LogP contribution is 2.61. The van der Waals surface area contributed by atoms with Gasteiger partial charge in [-0.1, -0.05) is 36.7 Å². The van der Waals surface area contributed by atoms with Crippen LogP contribution in [0.4, 0.5) is 0 Å². The summed E-state index contributed by atoms with van der Waals surface area (Å²) in [5.41, 5.74) is -0.666. The Balaban J connectivity index is 2.13. The zero-order valence-electron chi connectivity index (χ0n) is 12.2. The minimum absolute atomic E-state index is 0.119. The lowest BCUT2D eigenvalue weighted by atomic mass is 9.76. The van der Waals surface area contributed by atoms with Crippen molar-refractivity contribution in [2.24, 2.45) is 5.41 Å². The third-order valence-corrected chi connectivity index (χ3v) is 5.73. The summed E-state index contributed by atoms with van der Waals surface area (Å²) in [6, 6.07) is 6.95. The van der Waals surface area contributed by atoms with Crippen molar-refractivity contribution in [1.82, 2.24) is 14.8 Å². The lowest BCUT2D eigenvalue weighted by Gasteiger charge is -2.39. The number of thiol groups is 1. The summed E-state index contributed by atoms with van der Waals surface area (Å²) >= 11 is 10.5. The van der Waals surface area contributed by atoms with E-state index in [9.17, 15) is 5.11 Å². The van der Waals surface area contributed by atoms with Crippen LogP contribution in [0.25, 0.3) is 0 Å². The van der Waals surface area contributed by atoms with Crippen molar-refractivity contribution < 1.29 is 5.11 Å². The molecule has 1 fully saturated rings. The van der Waals surface area contributed by atoms with Crippen LogP contribution >= 0.6 is 24.2 Å². The normalized spacial score (nSPS) is 27.9. The summed E-state index contributed by atoms with van der Waals surface area (Å²) in [6.45, 7) is 5.90.